The third-order valence-electron chi connectivity index (χ3n) is 9.83. The molecule has 0 amide bonds. The summed E-state index contributed by atoms with van der Waals surface area (Å²) in [5, 5.41) is 16.0. The quantitative estimate of drug-likeness (QED) is 0.276. The molecule has 7 nitrogen and oxygen atoms in total. The van der Waals surface area contributed by atoms with Crippen molar-refractivity contribution in [3.05, 3.63) is 53.1 Å². The van der Waals surface area contributed by atoms with E-state index < -0.39 is 5.82 Å². The number of aromatic nitrogens is 2. The third-order valence-corrected chi connectivity index (χ3v) is 9.83. The second kappa shape index (κ2) is 11.2. The number of aromatic hydroxyl groups is 1. The topological polar surface area (TPSA) is 73.8 Å². The van der Waals surface area contributed by atoms with E-state index in [2.05, 4.69) is 15.1 Å². The third kappa shape index (κ3) is 4.77. The average molecular weight is 588 g/mol. The summed E-state index contributed by atoms with van der Waals surface area (Å²) in [6.07, 6.45) is 5.54. The van der Waals surface area contributed by atoms with Gasteiger partial charge in [-0.05, 0) is 103 Å². The van der Waals surface area contributed by atoms with Crippen LogP contribution in [0, 0.1) is 11.6 Å². The molecule has 0 saturated carbocycles. The Hall–Kier alpha value is -3.56. The van der Waals surface area contributed by atoms with Gasteiger partial charge in [0.25, 0.3) is 0 Å². The lowest BCUT2D eigenvalue weighted by molar-refractivity contribution is 0.108. The number of phenols is 1. The van der Waals surface area contributed by atoms with Gasteiger partial charge in [0.1, 0.15) is 29.5 Å². The Bertz CT molecular complexity index is 1690. The number of ether oxygens (including phenoxy) is 1. The molecule has 3 aliphatic heterocycles. The fourth-order valence-corrected chi connectivity index (χ4v) is 7.68. The van der Waals surface area contributed by atoms with E-state index in [4.69, 9.17) is 14.7 Å². The highest BCUT2D eigenvalue weighted by Crippen LogP contribution is 2.43. The molecule has 3 fully saturated rings. The minimum atomic E-state index is -0.518. The van der Waals surface area contributed by atoms with Gasteiger partial charge in [0.15, 0.2) is 5.82 Å². The van der Waals surface area contributed by atoms with E-state index in [0.29, 0.717) is 52.6 Å². The van der Waals surface area contributed by atoms with Gasteiger partial charge < -0.3 is 20.1 Å². The van der Waals surface area contributed by atoms with Crippen LogP contribution >= 0.6 is 0 Å². The van der Waals surface area contributed by atoms with Crippen molar-refractivity contribution in [2.75, 3.05) is 50.8 Å². The number of nitrogens with zero attached hydrogens (tertiary/aromatic N) is 4. The van der Waals surface area contributed by atoms with Crippen LogP contribution in [0.5, 0.6) is 11.8 Å². The highest BCUT2D eigenvalue weighted by molar-refractivity contribution is 6.04. The minimum Gasteiger partial charge on any atom is -0.508 e. The van der Waals surface area contributed by atoms with Gasteiger partial charge in [-0.1, -0.05) is 19.9 Å². The number of fused-ring (bicyclic) bond motifs is 3. The number of rotatable bonds is 7. The van der Waals surface area contributed by atoms with Gasteiger partial charge in [0.05, 0.1) is 5.54 Å². The molecule has 3 aliphatic rings. The monoisotopic (exact) mass is 587 g/mol. The van der Waals surface area contributed by atoms with Crippen molar-refractivity contribution in [3.8, 4) is 22.9 Å². The van der Waals surface area contributed by atoms with Gasteiger partial charge in [-0.2, -0.15) is 9.97 Å². The first-order chi connectivity index (χ1) is 20.9. The zero-order chi connectivity index (χ0) is 29.7. The molecule has 0 radical (unpaired) electrons. The Labute approximate surface area is 250 Å². The van der Waals surface area contributed by atoms with Gasteiger partial charge in [0.2, 0.25) is 0 Å². The van der Waals surface area contributed by atoms with Crippen LogP contribution in [0.4, 0.5) is 14.6 Å². The van der Waals surface area contributed by atoms with Crippen molar-refractivity contribution in [3.63, 3.8) is 0 Å². The van der Waals surface area contributed by atoms with E-state index in [1.165, 1.54) is 12.1 Å². The molecule has 43 heavy (non-hydrogen) atoms. The van der Waals surface area contributed by atoms with E-state index in [0.717, 1.165) is 70.5 Å². The standard InChI is InChI=1S/C34H39F2N5O2/c1-3-21-18-26(25-19-23(42)17-22-7-8-27(35)24(4-2)28(22)25)30(36)31-29(21)32(40-15-11-37-12-16-40)39-33(38-31)43-20-34-9-5-13-41(34)14-6-10-34/h7-8,17-19,37,42H,3-6,9-16,20H2,1-2H3. The van der Waals surface area contributed by atoms with E-state index >= 15 is 8.78 Å². The van der Waals surface area contributed by atoms with E-state index in [1.807, 2.05) is 19.9 Å². The maximum absolute atomic E-state index is 17.0. The first-order valence-corrected chi connectivity index (χ1v) is 15.7. The molecule has 3 aromatic carbocycles. The molecule has 0 spiro atoms. The molecular weight excluding hydrogens is 548 g/mol. The van der Waals surface area contributed by atoms with Crippen LogP contribution in [-0.2, 0) is 12.8 Å². The number of halogens is 2. The number of hydrogen-bond acceptors (Lipinski definition) is 7. The summed E-state index contributed by atoms with van der Waals surface area (Å²) in [6, 6.07) is 8.20. The lowest BCUT2D eigenvalue weighted by atomic mass is 9.90. The Morgan fingerprint density at radius 2 is 1.70 bits per heavy atom. The van der Waals surface area contributed by atoms with Crippen LogP contribution < -0.4 is 15.0 Å². The van der Waals surface area contributed by atoms with Crippen LogP contribution in [0.3, 0.4) is 0 Å². The second-order valence-electron chi connectivity index (χ2n) is 12.2. The van der Waals surface area contributed by atoms with Crippen molar-refractivity contribution in [2.24, 2.45) is 0 Å². The number of phenolic OH excluding ortho intramolecular Hbond substituents is 1. The molecule has 0 atom stereocenters. The van der Waals surface area contributed by atoms with Crippen molar-refractivity contribution in [1.29, 1.82) is 0 Å². The van der Waals surface area contributed by atoms with Crippen molar-refractivity contribution in [1.82, 2.24) is 20.2 Å². The van der Waals surface area contributed by atoms with Crippen LogP contribution in [0.15, 0.2) is 30.3 Å². The highest BCUT2D eigenvalue weighted by atomic mass is 19.1. The Balaban J connectivity index is 1.43. The van der Waals surface area contributed by atoms with Crippen LogP contribution in [0.2, 0.25) is 0 Å². The van der Waals surface area contributed by atoms with Crippen LogP contribution in [-0.4, -0.2) is 71.4 Å². The number of piperazine rings is 1. The SMILES string of the molecule is CCc1c(F)ccc2cc(O)cc(-c3cc(CC)c4c(N5CCNCC5)nc(OCC56CCCN5CCC6)nc4c3F)c12. The number of hydrogen-bond donors (Lipinski definition) is 2. The zero-order valence-corrected chi connectivity index (χ0v) is 25.0. The molecule has 1 aromatic heterocycles. The van der Waals surface area contributed by atoms with Crippen molar-refractivity contribution >= 4 is 27.5 Å². The van der Waals surface area contributed by atoms with Gasteiger partial charge in [-0.25, -0.2) is 8.78 Å². The summed E-state index contributed by atoms with van der Waals surface area (Å²) in [4.78, 5) is 14.4. The lowest BCUT2D eigenvalue weighted by Crippen LogP contribution is -2.44. The lowest BCUT2D eigenvalue weighted by Gasteiger charge is -2.32. The number of benzene rings is 3. The maximum atomic E-state index is 17.0. The fourth-order valence-electron chi connectivity index (χ4n) is 7.68. The predicted molar refractivity (Wildman–Crippen MR) is 166 cm³/mol. The summed E-state index contributed by atoms with van der Waals surface area (Å²) in [5.41, 5.74) is 2.34. The molecule has 4 aromatic rings. The largest absolute Gasteiger partial charge is 0.508 e. The number of aryl methyl sites for hydroxylation is 2. The minimum absolute atomic E-state index is 0.00106. The Kier molecular flexibility index (Phi) is 7.33. The Morgan fingerprint density at radius 3 is 2.42 bits per heavy atom. The molecule has 0 bridgehead atoms. The second-order valence-corrected chi connectivity index (χ2v) is 12.2. The molecule has 0 aliphatic carbocycles. The summed E-state index contributed by atoms with van der Waals surface area (Å²) in [7, 11) is 0. The maximum Gasteiger partial charge on any atom is 0.319 e. The van der Waals surface area contributed by atoms with Gasteiger partial charge in [-0.15, -0.1) is 0 Å². The number of nitrogens with one attached hydrogen (secondary N) is 1. The van der Waals surface area contributed by atoms with E-state index in [-0.39, 0.29) is 34.2 Å². The first kappa shape index (κ1) is 28.2. The van der Waals surface area contributed by atoms with Crippen molar-refractivity contribution < 1.29 is 18.6 Å². The molecule has 7 rings (SSSR count). The van der Waals surface area contributed by atoms with Crippen LogP contribution in [0.25, 0.3) is 32.8 Å². The van der Waals surface area contributed by atoms with Crippen LogP contribution in [0.1, 0.15) is 50.7 Å². The fraction of sp³-hybridized carbons (Fsp3) is 0.471. The highest BCUT2D eigenvalue weighted by Gasteiger charge is 2.45. The van der Waals surface area contributed by atoms with Gasteiger partial charge >= 0.3 is 6.01 Å². The molecule has 0 unspecified atom stereocenters. The molecule has 4 heterocycles. The molecule has 3 saturated heterocycles. The normalized spacial score (nSPS) is 18.6. The van der Waals surface area contributed by atoms with Gasteiger partial charge in [-0.3, -0.25) is 4.90 Å². The summed E-state index contributed by atoms with van der Waals surface area (Å²) in [5.74, 6) is -0.170. The molecule has 9 heteroatoms. The summed E-state index contributed by atoms with van der Waals surface area (Å²) >= 11 is 0. The zero-order valence-electron chi connectivity index (χ0n) is 25.0. The summed E-state index contributed by atoms with van der Waals surface area (Å²) in [6.45, 7) is 9.68. The smallest absolute Gasteiger partial charge is 0.319 e. The van der Waals surface area contributed by atoms with Crippen molar-refractivity contribution in [2.45, 2.75) is 57.9 Å². The number of anilines is 1. The average Bonchev–Trinajstić information content (AvgIpc) is 3.61. The van der Waals surface area contributed by atoms with E-state index in [1.54, 1.807) is 12.1 Å². The molecule has 2 N–H and O–H groups in total. The molecular formula is C34H39F2N5O2. The summed E-state index contributed by atoms with van der Waals surface area (Å²) < 4.78 is 38.4. The molecule has 226 valence electrons. The Morgan fingerprint density at radius 1 is 0.930 bits per heavy atom. The van der Waals surface area contributed by atoms with E-state index in [9.17, 15) is 5.11 Å². The predicted octanol–water partition coefficient (Wildman–Crippen LogP) is 5.98. The van der Waals surface area contributed by atoms with Gasteiger partial charge in [0, 0.05) is 37.1 Å². The first-order valence-electron chi connectivity index (χ1n) is 15.7.